The average Bonchev–Trinajstić information content (AvgIpc) is 3.19. The van der Waals surface area contributed by atoms with Crippen molar-refractivity contribution in [2.24, 2.45) is 0 Å². The van der Waals surface area contributed by atoms with E-state index in [1.165, 1.54) is 16.7 Å². The SMILES string of the molecule is CCOc1ccccc1OCC(=O)NS(=O)(=O)c1csc(-c2ccccc2)n1. The maximum Gasteiger partial charge on any atom is 0.282 e. The molecule has 0 aliphatic rings. The Morgan fingerprint density at radius 3 is 2.36 bits per heavy atom. The van der Waals surface area contributed by atoms with Crippen molar-refractivity contribution in [1.29, 1.82) is 0 Å². The molecule has 1 N–H and O–H groups in total. The molecule has 0 radical (unpaired) electrons. The molecule has 3 aromatic rings. The summed E-state index contributed by atoms with van der Waals surface area (Å²) in [6, 6.07) is 16.0. The van der Waals surface area contributed by atoms with Gasteiger partial charge < -0.3 is 9.47 Å². The summed E-state index contributed by atoms with van der Waals surface area (Å²) in [4.78, 5) is 16.2. The maximum absolute atomic E-state index is 12.4. The Labute approximate surface area is 167 Å². The third-order valence-electron chi connectivity index (χ3n) is 3.54. The lowest BCUT2D eigenvalue weighted by Crippen LogP contribution is -2.34. The summed E-state index contributed by atoms with van der Waals surface area (Å²) in [6.07, 6.45) is 0. The second-order valence-corrected chi connectivity index (χ2v) is 8.04. The van der Waals surface area contributed by atoms with Crippen molar-refractivity contribution in [3.8, 4) is 22.1 Å². The maximum atomic E-state index is 12.4. The lowest BCUT2D eigenvalue weighted by Gasteiger charge is -2.11. The van der Waals surface area contributed by atoms with Gasteiger partial charge in [-0.3, -0.25) is 4.79 Å². The Morgan fingerprint density at radius 2 is 1.68 bits per heavy atom. The van der Waals surface area contributed by atoms with Gasteiger partial charge in [0.15, 0.2) is 23.1 Å². The van der Waals surface area contributed by atoms with Crippen molar-refractivity contribution in [2.75, 3.05) is 13.2 Å². The van der Waals surface area contributed by atoms with Crippen LogP contribution in [0, 0.1) is 0 Å². The van der Waals surface area contributed by atoms with Crippen molar-refractivity contribution >= 4 is 27.3 Å². The summed E-state index contributed by atoms with van der Waals surface area (Å²) < 4.78 is 37.6. The third-order valence-corrected chi connectivity index (χ3v) is 5.83. The predicted octanol–water partition coefficient (Wildman–Crippen LogP) is 3.09. The molecule has 0 bridgehead atoms. The Balaban J connectivity index is 1.64. The highest BCUT2D eigenvalue weighted by molar-refractivity contribution is 7.90. The molecule has 3 rings (SSSR count). The fourth-order valence-corrected chi connectivity index (χ4v) is 4.39. The number of aromatic nitrogens is 1. The Bertz CT molecular complexity index is 1050. The second kappa shape index (κ2) is 8.85. The zero-order valence-electron chi connectivity index (χ0n) is 15.0. The number of sulfonamides is 1. The number of thiazole rings is 1. The van der Waals surface area contributed by atoms with Crippen molar-refractivity contribution in [2.45, 2.75) is 11.9 Å². The van der Waals surface area contributed by atoms with Gasteiger partial charge in [0, 0.05) is 10.9 Å². The Kier molecular flexibility index (Phi) is 6.27. The van der Waals surface area contributed by atoms with Crippen LogP contribution in [0.15, 0.2) is 65.0 Å². The zero-order chi connectivity index (χ0) is 20.0. The Hall–Kier alpha value is -2.91. The number of rotatable bonds is 8. The quantitative estimate of drug-likeness (QED) is 0.604. The summed E-state index contributed by atoms with van der Waals surface area (Å²) in [5.41, 5.74) is 0.802. The molecule has 0 atom stereocenters. The molecule has 7 nitrogen and oxygen atoms in total. The summed E-state index contributed by atoms with van der Waals surface area (Å²) in [5, 5.41) is 1.73. The van der Waals surface area contributed by atoms with Crippen LogP contribution in [-0.2, 0) is 14.8 Å². The van der Waals surface area contributed by atoms with Crippen molar-refractivity contribution in [3.63, 3.8) is 0 Å². The predicted molar refractivity (Wildman–Crippen MR) is 106 cm³/mol. The largest absolute Gasteiger partial charge is 0.490 e. The molecule has 2 aromatic carbocycles. The third kappa shape index (κ3) is 4.87. The first-order chi connectivity index (χ1) is 13.5. The lowest BCUT2D eigenvalue weighted by molar-refractivity contribution is -0.121. The molecule has 0 saturated carbocycles. The van der Waals surface area contributed by atoms with Gasteiger partial charge in [0.1, 0.15) is 5.01 Å². The number of benzene rings is 2. The van der Waals surface area contributed by atoms with Gasteiger partial charge in [0.2, 0.25) is 0 Å². The number of amides is 1. The number of carbonyl (C=O) groups is 1. The van der Waals surface area contributed by atoms with E-state index in [0.29, 0.717) is 23.1 Å². The van der Waals surface area contributed by atoms with Crippen LogP contribution in [0.4, 0.5) is 0 Å². The van der Waals surface area contributed by atoms with Crippen molar-refractivity contribution in [3.05, 3.63) is 60.0 Å². The van der Waals surface area contributed by atoms with E-state index >= 15 is 0 Å². The molecular formula is C19H18N2O5S2. The molecule has 1 aromatic heterocycles. The highest BCUT2D eigenvalue weighted by atomic mass is 32.2. The number of nitrogens with zero attached hydrogens (tertiary/aromatic N) is 1. The summed E-state index contributed by atoms with van der Waals surface area (Å²) in [6.45, 7) is 1.79. The number of nitrogens with one attached hydrogen (secondary N) is 1. The van der Waals surface area contributed by atoms with Crippen LogP contribution in [0.2, 0.25) is 0 Å². The van der Waals surface area contributed by atoms with Gasteiger partial charge in [-0.2, -0.15) is 8.42 Å². The van der Waals surface area contributed by atoms with E-state index in [2.05, 4.69) is 4.98 Å². The first-order valence-electron chi connectivity index (χ1n) is 8.41. The monoisotopic (exact) mass is 418 g/mol. The molecule has 1 heterocycles. The molecule has 146 valence electrons. The molecule has 1 amide bonds. The molecule has 0 fully saturated rings. The van der Waals surface area contributed by atoms with Crippen LogP contribution in [0.3, 0.4) is 0 Å². The number of para-hydroxylation sites is 2. The fraction of sp³-hybridized carbons (Fsp3) is 0.158. The molecule has 28 heavy (non-hydrogen) atoms. The summed E-state index contributed by atoms with van der Waals surface area (Å²) >= 11 is 1.18. The van der Waals surface area contributed by atoms with Gasteiger partial charge in [-0.05, 0) is 19.1 Å². The van der Waals surface area contributed by atoms with E-state index in [1.807, 2.05) is 42.0 Å². The van der Waals surface area contributed by atoms with Crippen LogP contribution in [0.25, 0.3) is 10.6 Å². The van der Waals surface area contributed by atoms with Gasteiger partial charge in [0.05, 0.1) is 6.61 Å². The highest BCUT2D eigenvalue weighted by Crippen LogP contribution is 2.27. The standard InChI is InChI=1S/C19H18N2O5S2/c1-2-25-15-10-6-7-11-16(15)26-12-17(22)21-28(23,24)18-13-27-19(20-18)14-8-4-3-5-9-14/h3-11,13H,2,12H2,1H3,(H,21,22). The van der Waals surface area contributed by atoms with Gasteiger partial charge in [0.25, 0.3) is 15.9 Å². The van der Waals surface area contributed by atoms with Gasteiger partial charge in [-0.15, -0.1) is 11.3 Å². The van der Waals surface area contributed by atoms with Crippen LogP contribution in [-0.4, -0.2) is 32.5 Å². The number of ether oxygens (including phenoxy) is 2. The van der Waals surface area contributed by atoms with E-state index in [4.69, 9.17) is 9.47 Å². The number of hydrogen-bond acceptors (Lipinski definition) is 7. The summed E-state index contributed by atoms with van der Waals surface area (Å²) in [7, 11) is -4.08. The summed E-state index contributed by atoms with van der Waals surface area (Å²) in [5.74, 6) is 0.0325. The van der Waals surface area contributed by atoms with Crippen molar-refractivity contribution in [1.82, 2.24) is 9.71 Å². The Morgan fingerprint density at radius 1 is 1.04 bits per heavy atom. The van der Waals surface area contributed by atoms with E-state index < -0.39 is 22.5 Å². The smallest absolute Gasteiger partial charge is 0.282 e. The normalized spacial score (nSPS) is 11.0. The topological polar surface area (TPSA) is 94.6 Å². The highest BCUT2D eigenvalue weighted by Gasteiger charge is 2.22. The number of carbonyl (C=O) groups excluding carboxylic acids is 1. The van der Waals surface area contributed by atoms with E-state index in [-0.39, 0.29) is 5.03 Å². The van der Waals surface area contributed by atoms with Gasteiger partial charge in [-0.1, -0.05) is 42.5 Å². The van der Waals surface area contributed by atoms with Crippen LogP contribution >= 0.6 is 11.3 Å². The first kappa shape index (κ1) is 19.8. The van der Waals surface area contributed by atoms with Crippen molar-refractivity contribution < 1.29 is 22.7 Å². The molecule has 0 aliphatic heterocycles. The van der Waals surface area contributed by atoms with Gasteiger partial charge >= 0.3 is 0 Å². The lowest BCUT2D eigenvalue weighted by atomic mass is 10.2. The zero-order valence-corrected chi connectivity index (χ0v) is 16.6. The molecule has 0 aliphatic carbocycles. The molecule has 0 spiro atoms. The fourth-order valence-electron chi connectivity index (χ4n) is 2.31. The average molecular weight is 418 g/mol. The minimum atomic E-state index is -4.08. The second-order valence-electron chi connectivity index (χ2n) is 5.55. The molecular weight excluding hydrogens is 400 g/mol. The van der Waals surface area contributed by atoms with E-state index in [0.717, 1.165) is 5.56 Å². The van der Waals surface area contributed by atoms with Crippen LogP contribution < -0.4 is 14.2 Å². The minimum Gasteiger partial charge on any atom is -0.490 e. The first-order valence-corrected chi connectivity index (χ1v) is 10.8. The minimum absolute atomic E-state index is 0.209. The molecule has 9 heteroatoms. The van der Waals surface area contributed by atoms with Crippen LogP contribution in [0.1, 0.15) is 6.92 Å². The van der Waals surface area contributed by atoms with Crippen LogP contribution in [0.5, 0.6) is 11.5 Å². The number of hydrogen-bond donors (Lipinski definition) is 1. The van der Waals surface area contributed by atoms with E-state index in [1.54, 1.807) is 24.3 Å². The molecule has 0 unspecified atom stereocenters. The van der Waals surface area contributed by atoms with Gasteiger partial charge in [-0.25, -0.2) is 9.71 Å². The molecule has 0 saturated heterocycles. The van der Waals surface area contributed by atoms with E-state index in [9.17, 15) is 13.2 Å².